The zero-order chi connectivity index (χ0) is 7.90. The van der Waals surface area contributed by atoms with Gasteiger partial charge in [0.25, 0.3) is 0 Å². The van der Waals surface area contributed by atoms with E-state index in [1.165, 1.54) is 25.7 Å². The fourth-order valence-electron chi connectivity index (χ4n) is 2.94. The molecule has 0 radical (unpaired) electrons. The highest BCUT2D eigenvalue weighted by molar-refractivity contribution is 4.98. The molecular weight excluding hydrogens is 136 g/mol. The summed E-state index contributed by atoms with van der Waals surface area (Å²) in [6, 6.07) is 0. The van der Waals surface area contributed by atoms with Crippen LogP contribution in [0.1, 0.15) is 45.4 Å². The van der Waals surface area contributed by atoms with Crippen molar-refractivity contribution < 1.29 is 5.11 Å². The van der Waals surface area contributed by atoms with Crippen molar-refractivity contribution in [1.82, 2.24) is 0 Å². The molecule has 11 heavy (non-hydrogen) atoms. The lowest BCUT2D eigenvalue weighted by Crippen LogP contribution is -2.48. The molecule has 0 unspecified atom stereocenters. The first-order valence-corrected chi connectivity index (χ1v) is 4.93. The van der Waals surface area contributed by atoms with Gasteiger partial charge in [-0.25, -0.2) is 0 Å². The minimum Gasteiger partial charge on any atom is -0.390 e. The lowest BCUT2D eigenvalue weighted by molar-refractivity contribution is -0.111. The van der Waals surface area contributed by atoms with Crippen LogP contribution in [0, 0.1) is 11.8 Å². The molecule has 1 nitrogen and oxygen atoms in total. The van der Waals surface area contributed by atoms with E-state index in [0.717, 1.165) is 18.8 Å². The largest absolute Gasteiger partial charge is 0.390 e. The van der Waals surface area contributed by atoms with E-state index in [-0.39, 0.29) is 5.60 Å². The Morgan fingerprint density at radius 1 is 1.18 bits per heavy atom. The molecule has 2 aliphatic rings. The van der Waals surface area contributed by atoms with Crippen LogP contribution in [0.5, 0.6) is 0 Å². The van der Waals surface area contributed by atoms with Crippen molar-refractivity contribution >= 4 is 0 Å². The van der Waals surface area contributed by atoms with Crippen LogP contribution in [0.4, 0.5) is 0 Å². The molecule has 2 rings (SSSR count). The highest BCUT2D eigenvalue weighted by atomic mass is 16.3. The average Bonchev–Trinajstić information content (AvgIpc) is 2.34. The molecule has 2 saturated carbocycles. The van der Waals surface area contributed by atoms with Crippen molar-refractivity contribution in [1.29, 1.82) is 0 Å². The Bertz CT molecular complexity index is 141. The monoisotopic (exact) mass is 154 g/mol. The van der Waals surface area contributed by atoms with Crippen LogP contribution in [0.3, 0.4) is 0 Å². The summed E-state index contributed by atoms with van der Waals surface area (Å²) in [6.45, 7) is 2.24. The number of aliphatic hydroxyl groups is 1. The second-order valence-electron chi connectivity index (χ2n) is 4.60. The summed E-state index contributed by atoms with van der Waals surface area (Å²) < 4.78 is 0. The van der Waals surface area contributed by atoms with Crippen LogP contribution in [-0.4, -0.2) is 10.7 Å². The SMILES string of the molecule is CC1CC(O)(C2CCCC2)C1. The molecule has 1 heteroatoms. The summed E-state index contributed by atoms with van der Waals surface area (Å²) in [6.07, 6.45) is 7.39. The summed E-state index contributed by atoms with van der Waals surface area (Å²) in [7, 11) is 0. The zero-order valence-electron chi connectivity index (χ0n) is 7.34. The van der Waals surface area contributed by atoms with E-state index in [0.29, 0.717) is 5.92 Å². The molecule has 0 bridgehead atoms. The van der Waals surface area contributed by atoms with Crippen LogP contribution >= 0.6 is 0 Å². The third-order valence-corrected chi connectivity index (χ3v) is 3.52. The van der Waals surface area contributed by atoms with Crippen LogP contribution in [-0.2, 0) is 0 Å². The topological polar surface area (TPSA) is 20.2 Å². The maximum absolute atomic E-state index is 10.1. The van der Waals surface area contributed by atoms with E-state index in [1.54, 1.807) is 0 Å². The number of hydrogen-bond acceptors (Lipinski definition) is 1. The molecule has 2 aliphatic carbocycles. The zero-order valence-corrected chi connectivity index (χ0v) is 7.34. The molecule has 0 aromatic rings. The Morgan fingerprint density at radius 3 is 2.18 bits per heavy atom. The van der Waals surface area contributed by atoms with Gasteiger partial charge < -0.3 is 5.11 Å². The Kier molecular flexibility index (Phi) is 1.71. The van der Waals surface area contributed by atoms with E-state index in [9.17, 15) is 5.11 Å². The molecule has 2 fully saturated rings. The molecule has 0 atom stereocenters. The Balaban J connectivity index is 1.93. The maximum Gasteiger partial charge on any atom is 0.0680 e. The van der Waals surface area contributed by atoms with E-state index in [4.69, 9.17) is 0 Å². The van der Waals surface area contributed by atoms with Gasteiger partial charge in [-0.3, -0.25) is 0 Å². The molecule has 0 aliphatic heterocycles. The molecule has 1 N–H and O–H groups in total. The van der Waals surface area contributed by atoms with Crippen molar-refractivity contribution in [3.8, 4) is 0 Å². The first kappa shape index (κ1) is 7.60. The van der Waals surface area contributed by atoms with Crippen LogP contribution in [0.15, 0.2) is 0 Å². The summed E-state index contributed by atoms with van der Waals surface area (Å²) in [5.74, 6) is 1.43. The standard InChI is InChI=1S/C10H18O/c1-8-6-10(11,7-8)9-4-2-3-5-9/h8-9,11H,2-7H2,1H3. The summed E-state index contributed by atoms with van der Waals surface area (Å²) >= 11 is 0. The van der Waals surface area contributed by atoms with E-state index in [2.05, 4.69) is 6.92 Å². The third kappa shape index (κ3) is 1.20. The fraction of sp³-hybridized carbons (Fsp3) is 1.00. The third-order valence-electron chi connectivity index (χ3n) is 3.52. The predicted molar refractivity (Wildman–Crippen MR) is 45.3 cm³/mol. The van der Waals surface area contributed by atoms with Crippen LogP contribution in [0.25, 0.3) is 0 Å². The molecule has 0 spiro atoms. The van der Waals surface area contributed by atoms with Gasteiger partial charge in [-0.15, -0.1) is 0 Å². The van der Waals surface area contributed by atoms with Gasteiger partial charge in [0.2, 0.25) is 0 Å². The Labute approximate surface area is 68.8 Å². The normalized spacial score (nSPS) is 45.8. The van der Waals surface area contributed by atoms with Gasteiger partial charge in [-0.2, -0.15) is 0 Å². The quantitative estimate of drug-likeness (QED) is 0.614. The van der Waals surface area contributed by atoms with Gasteiger partial charge in [0.05, 0.1) is 5.60 Å². The number of hydrogen-bond donors (Lipinski definition) is 1. The molecule has 0 aromatic heterocycles. The second-order valence-corrected chi connectivity index (χ2v) is 4.60. The van der Waals surface area contributed by atoms with Gasteiger partial charge in [0.1, 0.15) is 0 Å². The minimum absolute atomic E-state index is 0.226. The van der Waals surface area contributed by atoms with E-state index in [1.807, 2.05) is 0 Å². The lowest BCUT2D eigenvalue weighted by atomic mass is 9.65. The summed E-state index contributed by atoms with van der Waals surface area (Å²) in [4.78, 5) is 0. The Hall–Kier alpha value is -0.0400. The average molecular weight is 154 g/mol. The molecule has 0 saturated heterocycles. The van der Waals surface area contributed by atoms with Crippen molar-refractivity contribution in [3.05, 3.63) is 0 Å². The minimum atomic E-state index is -0.226. The maximum atomic E-state index is 10.1. The van der Waals surface area contributed by atoms with Crippen molar-refractivity contribution in [2.24, 2.45) is 11.8 Å². The summed E-state index contributed by atoms with van der Waals surface area (Å²) in [5.41, 5.74) is -0.226. The molecule has 0 amide bonds. The van der Waals surface area contributed by atoms with Gasteiger partial charge in [0, 0.05) is 0 Å². The van der Waals surface area contributed by atoms with Crippen molar-refractivity contribution in [3.63, 3.8) is 0 Å². The van der Waals surface area contributed by atoms with Gasteiger partial charge in [0.15, 0.2) is 0 Å². The highest BCUT2D eigenvalue weighted by Gasteiger charge is 2.46. The van der Waals surface area contributed by atoms with Gasteiger partial charge >= 0.3 is 0 Å². The van der Waals surface area contributed by atoms with Crippen LogP contribution < -0.4 is 0 Å². The van der Waals surface area contributed by atoms with Gasteiger partial charge in [-0.05, 0) is 37.5 Å². The summed E-state index contributed by atoms with van der Waals surface area (Å²) in [5, 5.41) is 10.1. The Morgan fingerprint density at radius 2 is 1.73 bits per heavy atom. The predicted octanol–water partition coefficient (Wildman–Crippen LogP) is 2.34. The van der Waals surface area contributed by atoms with Crippen molar-refractivity contribution in [2.45, 2.75) is 51.0 Å². The smallest absolute Gasteiger partial charge is 0.0680 e. The number of rotatable bonds is 1. The second kappa shape index (κ2) is 2.48. The van der Waals surface area contributed by atoms with Crippen molar-refractivity contribution in [2.75, 3.05) is 0 Å². The highest BCUT2D eigenvalue weighted by Crippen LogP contribution is 2.48. The molecule has 0 heterocycles. The fourth-order valence-corrected chi connectivity index (χ4v) is 2.94. The first-order chi connectivity index (χ1) is 5.21. The van der Waals surface area contributed by atoms with E-state index < -0.39 is 0 Å². The van der Waals surface area contributed by atoms with E-state index >= 15 is 0 Å². The molecule has 64 valence electrons. The lowest BCUT2D eigenvalue weighted by Gasteiger charge is -2.46. The van der Waals surface area contributed by atoms with Crippen LogP contribution in [0.2, 0.25) is 0 Å². The molecule has 0 aromatic carbocycles. The molecular formula is C10H18O. The first-order valence-electron chi connectivity index (χ1n) is 4.93. The van der Waals surface area contributed by atoms with Gasteiger partial charge in [-0.1, -0.05) is 19.8 Å².